The molecule has 53 heavy (non-hydrogen) atoms. The van der Waals surface area contributed by atoms with Crippen molar-refractivity contribution in [3.05, 3.63) is 107 Å². The number of hydrogen-bond donors (Lipinski definition) is 2. The van der Waals surface area contributed by atoms with Gasteiger partial charge in [0.25, 0.3) is 11.8 Å². The number of anilines is 2. The van der Waals surface area contributed by atoms with Crippen LogP contribution < -0.4 is 19.7 Å². The molecule has 2 amide bonds. The summed E-state index contributed by atoms with van der Waals surface area (Å²) in [5, 5.41) is 2.94. The number of piperazine rings is 1. The van der Waals surface area contributed by atoms with Crippen molar-refractivity contribution in [2.24, 2.45) is 0 Å². The Morgan fingerprint density at radius 1 is 1.04 bits per heavy atom. The molecule has 5 aromatic rings. The summed E-state index contributed by atoms with van der Waals surface area (Å²) in [5.74, 6) is 0.807. The molecule has 3 aromatic carbocycles. The summed E-state index contributed by atoms with van der Waals surface area (Å²) >= 11 is 0. The van der Waals surface area contributed by atoms with Crippen LogP contribution in [0.4, 0.5) is 11.4 Å². The lowest BCUT2D eigenvalue weighted by Crippen LogP contribution is -2.60. The molecule has 0 radical (unpaired) electrons. The fourth-order valence-electron chi connectivity index (χ4n) is 6.68. The van der Waals surface area contributed by atoms with Gasteiger partial charge in [0, 0.05) is 64.0 Å². The van der Waals surface area contributed by atoms with E-state index in [0.717, 1.165) is 54.7 Å². The molecule has 1 saturated heterocycles. The Morgan fingerprint density at radius 2 is 1.85 bits per heavy atom. The number of para-hydroxylation sites is 1. The van der Waals surface area contributed by atoms with E-state index in [1.54, 1.807) is 49.8 Å². The smallest absolute Gasteiger partial charge is 0.258 e. The van der Waals surface area contributed by atoms with Crippen LogP contribution in [-0.2, 0) is 11.2 Å². The van der Waals surface area contributed by atoms with E-state index in [1.165, 1.54) is 12.0 Å². The number of unbranched alkanes of at least 4 members (excludes halogenated alkanes) is 1. The molecule has 12 nitrogen and oxygen atoms in total. The molecule has 0 saturated carbocycles. The van der Waals surface area contributed by atoms with E-state index < -0.39 is 5.72 Å². The topological polar surface area (TPSA) is 133 Å². The van der Waals surface area contributed by atoms with Gasteiger partial charge in [-0.15, -0.1) is 0 Å². The van der Waals surface area contributed by atoms with Crippen molar-refractivity contribution >= 4 is 40.5 Å². The van der Waals surface area contributed by atoms with E-state index in [2.05, 4.69) is 39.1 Å². The SMILES string of the molecule is CCCCC(C=O)(Oc1cc(C)ccc1N(C)C(=O)c1ccc(NC(=O)c2cccc3[nH]c(Cc4cccnc4)nc23)c(OC)c1)N1CCN(C)CC1. The number of H-pyrrole nitrogens is 1. The van der Waals surface area contributed by atoms with Crippen LogP contribution >= 0.6 is 0 Å². The van der Waals surface area contributed by atoms with E-state index >= 15 is 0 Å². The third-order valence-corrected chi connectivity index (χ3v) is 9.78. The molecule has 2 aromatic heterocycles. The predicted molar refractivity (Wildman–Crippen MR) is 206 cm³/mol. The van der Waals surface area contributed by atoms with Gasteiger partial charge in [0.1, 0.15) is 22.8 Å². The number of aryl methyl sites for hydroxylation is 1. The van der Waals surface area contributed by atoms with Gasteiger partial charge in [0.2, 0.25) is 5.72 Å². The average molecular weight is 718 g/mol. The number of nitrogens with one attached hydrogen (secondary N) is 2. The highest BCUT2D eigenvalue weighted by Gasteiger charge is 2.41. The zero-order valence-corrected chi connectivity index (χ0v) is 31.0. The van der Waals surface area contributed by atoms with Crippen molar-refractivity contribution in [2.45, 2.75) is 45.3 Å². The third kappa shape index (κ3) is 8.24. The molecule has 0 spiro atoms. The standard InChI is InChI=1S/C41H47N7O5/c1-6-7-17-41(27-49,48-21-19-46(3)20-22-48)53-36-23-28(2)13-16-34(36)47(4)40(51)30-14-15-32(35(25-30)52-5)44-39(50)31-11-8-12-33-38(31)45-37(43-33)24-29-10-9-18-42-26-29/h8-16,18,23,25-27H,6-7,17,19-22,24H2,1-5H3,(H,43,45)(H,44,50). The number of aromatic nitrogens is 3. The van der Waals surface area contributed by atoms with Gasteiger partial charge in [0.15, 0.2) is 6.29 Å². The van der Waals surface area contributed by atoms with Gasteiger partial charge in [-0.3, -0.25) is 24.3 Å². The van der Waals surface area contributed by atoms with Crippen LogP contribution in [0.1, 0.15) is 63.9 Å². The first-order chi connectivity index (χ1) is 25.6. The minimum absolute atomic E-state index is 0.317. The highest BCUT2D eigenvalue weighted by atomic mass is 16.5. The van der Waals surface area contributed by atoms with Crippen LogP contribution in [0, 0.1) is 6.92 Å². The van der Waals surface area contributed by atoms with Crippen LogP contribution in [0.3, 0.4) is 0 Å². The number of fused-ring (bicyclic) bond motifs is 1. The highest BCUT2D eigenvalue weighted by Crippen LogP contribution is 2.36. The lowest BCUT2D eigenvalue weighted by Gasteiger charge is -2.44. The fraction of sp³-hybridized carbons (Fsp3) is 0.341. The first-order valence-corrected chi connectivity index (χ1v) is 18.0. The van der Waals surface area contributed by atoms with Crippen LogP contribution in [0.5, 0.6) is 11.5 Å². The van der Waals surface area contributed by atoms with Crippen molar-refractivity contribution < 1.29 is 23.9 Å². The molecular weight excluding hydrogens is 670 g/mol. The van der Waals surface area contributed by atoms with Crippen molar-refractivity contribution in [1.82, 2.24) is 24.8 Å². The molecule has 1 atom stereocenters. The van der Waals surface area contributed by atoms with Crippen LogP contribution in [0.2, 0.25) is 0 Å². The number of methoxy groups -OCH3 is 1. The Balaban J connectivity index is 1.23. The van der Waals surface area contributed by atoms with Crippen molar-refractivity contribution in [2.75, 3.05) is 57.6 Å². The van der Waals surface area contributed by atoms with Gasteiger partial charge in [-0.05, 0) is 80.1 Å². The van der Waals surface area contributed by atoms with Gasteiger partial charge in [-0.1, -0.05) is 31.5 Å². The second-order valence-electron chi connectivity index (χ2n) is 13.6. The fourth-order valence-corrected chi connectivity index (χ4v) is 6.68. The Bertz CT molecular complexity index is 2080. The number of aromatic amines is 1. The largest absolute Gasteiger partial charge is 0.495 e. The summed E-state index contributed by atoms with van der Waals surface area (Å²) in [5.41, 5.74) is 3.74. The van der Waals surface area contributed by atoms with Crippen LogP contribution in [-0.4, -0.2) is 96.0 Å². The summed E-state index contributed by atoms with van der Waals surface area (Å²) in [7, 11) is 5.24. The quantitative estimate of drug-likeness (QED) is 0.131. The van der Waals surface area contributed by atoms with E-state index in [1.807, 2.05) is 43.3 Å². The number of imidazole rings is 1. The summed E-state index contributed by atoms with van der Waals surface area (Å²) in [4.78, 5) is 58.7. The number of carbonyl (C=O) groups excluding carboxylic acids is 3. The van der Waals surface area contributed by atoms with Crippen LogP contribution in [0.25, 0.3) is 11.0 Å². The number of pyridine rings is 1. The Hall–Kier alpha value is -5.59. The molecule has 276 valence electrons. The molecule has 0 bridgehead atoms. The minimum atomic E-state index is -1.16. The lowest BCUT2D eigenvalue weighted by atomic mass is 10.0. The summed E-state index contributed by atoms with van der Waals surface area (Å²) in [6.45, 7) is 7.09. The summed E-state index contributed by atoms with van der Waals surface area (Å²) in [6.07, 6.45) is 7.24. The first-order valence-electron chi connectivity index (χ1n) is 18.0. The number of carbonyl (C=O) groups is 3. The maximum absolute atomic E-state index is 14.1. The Kier molecular flexibility index (Phi) is 11.5. The number of benzene rings is 3. The van der Waals surface area contributed by atoms with Gasteiger partial charge >= 0.3 is 0 Å². The number of likely N-dealkylation sites (N-methyl/N-ethyl adjacent to an activating group) is 1. The maximum Gasteiger partial charge on any atom is 0.258 e. The maximum atomic E-state index is 14.1. The van der Waals surface area contributed by atoms with Gasteiger partial charge in [-0.25, -0.2) is 4.98 Å². The molecule has 1 unspecified atom stereocenters. The van der Waals surface area contributed by atoms with E-state index in [-0.39, 0.29) is 11.8 Å². The molecule has 1 fully saturated rings. The Morgan fingerprint density at radius 3 is 2.57 bits per heavy atom. The predicted octanol–water partition coefficient (Wildman–Crippen LogP) is 6.11. The van der Waals surface area contributed by atoms with E-state index in [9.17, 15) is 14.4 Å². The van der Waals surface area contributed by atoms with Crippen molar-refractivity contribution in [3.8, 4) is 11.5 Å². The molecule has 1 aliphatic heterocycles. The second kappa shape index (κ2) is 16.4. The number of rotatable bonds is 14. The van der Waals surface area contributed by atoms with Gasteiger partial charge in [0.05, 0.1) is 29.6 Å². The lowest BCUT2D eigenvalue weighted by molar-refractivity contribution is -0.146. The highest BCUT2D eigenvalue weighted by molar-refractivity contribution is 6.12. The van der Waals surface area contributed by atoms with Gasteiger partial charge in [-0.2, -0.15) is 0 Å². The summed E-state index contributed by atoms with van der Waals surface area (Å²) in [6, 6.07) is 19.8. The van der Waals surface area contributed by atoms with Crippen molar-refractivity contribution in [3.63, 3.8) is 0 Å². The molecule has 0 aliphatic carbocycles. The van der Waals surface area contributed by atoms with E-state index in [0.29, 0.717) is 65.4 Å². The molecule has 3 heterocycles. The van der Waals surface area contributed by atoms with Crippen LogP contribution in [0.15, 0.2) is 79.1 Å². The minimum Gasteiger partial charge on any atom is -0.495 e. The molecule has 1 aliphatic rings. The molecular formula is C41H47N7O5. The summed E-state index contributed by atoms with van der Waals surface area (Å²) < 4.78 is 12.4. The first kappa shape index (κ1) is 37.2. The third-order valence-electron chi connectivity index (χ3n) is 9.78. The van der Waals surface area contributed by atoms with Crippen molar-refractivity contribution in [1.29, 1.82) is 0 Å². The number of aldehydes is 1. The Labute approximate surface area is 310 Å². The zero-order chi connectivity index (χ0) is 37.5. The van der Waals surface area contributed by atoms with Gasteiger partial charge < -0.3 is 29.6 Å². The number of nitrogens with zero attached hydrogens (tertiary/aromatic N) is 5. The normalized spacial score (nSPS) is 14.7. The molecule has 12 heteroatoms. The number of hydrogen-bond acceptors (Lipinski definition) is 9. The second-order valence-corrected chi connectivity index (χ2v) is 13.6. The monoisotopic (exact) mass is 717 g/mol. The van der Waals surface area contributed by atoms with E-state index in [4.69, 9.17) is 14.5 Å². The molecule has 6 rings (SSSR count). The average Bonchev–Trinajstić information content (AvgIpc) is 3.59. The zero-order valence-electron chi connectivity index (χ0n) is 31.0. The number of ether oxygens (including phenoxy) is 2. The number of amides is 2. The molecule has 2 N–H and O–H groups in total.